The predicted octanol–water partition coefficient (Wildman–Crippen LogP) is 0.0928. The lowest BCUT2D eigenvalue weighted by molar-refractivity contribution is 0.580. The first-order chi connectivity index (χ1) is 9.53. The van der Waals surface area contributed by atoms with E-state index in [1.807, 2.05) is 0 Å². The normalized spacial score (nSPS) is 11.7. The second kappa shape index (κ2) is 6.12. The zero-order valence-corrected chi connectivity index (χ0v) is 11.9. The summed E-state index contributed by atoms with van der Waals surface area (Å²) in [4.78, 5) is 4.20. The van der Waals surface area contributed by atoms with Crippen molar-refractivity contribution in [1.82, 2.24) is 19.9 Å². The third-order valence-corrected chi connectivity index (χ3v) is 4.50. The van der Waals surface area contributed by atoms with Crippen LogP contribution < -0.4 is 10.5 Å². The van der Waals surface area contributed by atoms with Crippen LogP contribution in [0.15, 0.2) is 29.4 Å². The average molecular weight is 295 g/mol. The maximum atomic E-state index is 12.2. The van der Waals surface area contributed by atoms with Crippen LogP contribution in [0.2, 0.25) is 0 Å². The Morgan fingerprint density at radius 3 is 2.80 bits per heavy atom. The number of nitrogens with zero attached hydrogens (tertiary/aromatic N) is 2. The summed E-state index contributed by atoms with van der Waals surface area (Å²) in [7, 11) is -3.52. The Balaban J connectivity index is 2.06. The van der Waals surface area contributed by atoms with Crippen molar-refractivity contribution < 1.29 is 8.42 Å². The lowest BCUT2D eigenvalue weighted by Gasteiger charge is -2.10. The van der Waals surface area contributed by atoms with Crippen LogP contribution in [0.1, 0.15) is 17.0 Å². The molecule has 7 nitrogen and oxygen atoms in total. The third kappa shape index (κ3) is 3.41. The minimum absolute atomic E-state index is 0.260. The topological polar surface area (TPSA) is 114 Å². The lowest BCUT2D eigenvalue weighted by Crippen LogP contribution is -2.27. The Morgan fingerprint density at radius 1 is 1.40 bits per heavy atom. The zero-order valence-electron chi connectivity index (χ0n) is 11.1. The van der Waals surface area contributed by atoms with Gasteiger partial charge in [-0.2, -0.15) is 5.10 Å². The number of aromatic amines is 1. The van der Waals surface area contributed by atoms with Crippen molar-refractivity contribution in [2.45, 2.75) is 24.8 Å². The first-order valence-electron chi connectivity index (χ1n) is 6.16. The Hall–Kier alpha value is -1.77. The Bertz CT molecular complexity index is 667. The molecule has 1 aromatic carbocycles. The van der Waals surface area contributed by atoms with Gasteiger partial charge in [0.05, 0.1) is 4.90 Å². The monoisotopic (exact) mass is 295 g/mol. The standard InChI is InChI=1S/C12H17N5O2S/c1-9-6-10(7-13)2-3-11(9)20(18,19)16-5-4-12-14-8-15-17-12/h2-3,6,8,16H,4-5,7,13H2,1H3,(H,14,15,17). The molecule has 0 fully saturated rings. The van der Waals surface area contributed by atoms with Crippen LogP contribution in [0.5, 0.6) is 0 Å². The fraction of sp³-hybridized carbons (Fsp3) is 0.333. The molecule has 0 saturated heterocycles. The van der Waals surface area contributed by atoms with E-state index in [1.54, 1.807) is 25.1 Å². The molecule has 2 aromatic rings. The molecule has 8 heteroatoms. The van der Waals surface area contributed by atoms with Crippen LogP contribution in [0.25, 0.3) is 0 Å². The quantitative estimate of drug-likeness (QED) is 0.699. The number of H-pyrrole nitrogens is 1. The number of aryl methyl sites for hydroxylation is 1. The van der Waals surface area contributed by atoms with E-state index in [-0.39, 0.29) is 11.4 Å². The molecule has 1 heterocycles. The van der Waals surface area contributed by atoms with Gasteiger partial charge in [0.2, 0.25) is 10.0 Å². The minimum Gasteiger partial charge on any atom is -0.326 e. The molecule has 0 aliphatic carbocycles. The van der Waals surface area contributed by atoms with Crippen molar-refractivity contribution in [3.8, 4) is 0 Å². The highest BCUT2D eigenvalue weighted by Crippen LogP contribution is 2.16. The first-order valence-corrected chi connectivity index (χ1v) is 7.65. The highest BCUT2D eigenvalue weighted by atomic mass is 32.2. The number of benzene rings is 1. The largest absolute Gasteiger partial charge is 0.326 e. The summed E-state index contributed by atoms with van der Waals surface area (Å²) in [6, 6.07) is 5.08. The number of hydrogen-bond acceptors (Lipinski definition) is 5. The second-order valence-corrected chi connectivity index (χ2v) is 6.12. The van der Waals surface area contributed by atoms with Crippen LogP contribution in [-0.2, 0) is 23.0 Å². The van der Waals surface area contributed by atoms with Crippen LogP contribution in [0.3, 0.4) is 0 Å². The predicted molar refractivity (Wildman–Crippen MR) is 74.3 cm³/mol. The van der Waals surface area contributed by atoms with Gasteiger partial charge in [0.15, 0.2) is 0 Å². The van der Waals surface area contributed by atoms with Gasteiger partial charge in [-0.15, -0.1) is 0 Å². The molecule has 0 spiro atoms. The van der Waals surface area contributed by atoms with Gasteiger partial charge >= 0.3 is 0 Å². The molecule has 1 aromatic heterocycles. The molecule has 0 bridgehead atoms. The number of rotatable bonds is 6. The SMILES string of the molecule is Cc1cc(CN)ccc1S(=O)(=O)NCCc1ncn[nH]1. The number of sulfonamides is 1. The number of nitrogens with one attached hydrogen (secondary N) is 2. The molecule has 0 saturated carbocycles. The second-order valence-electron chi connectivity index (χ2n) is 4.38. The maximum absolute atomic E-state index is 12.2. The maximum Gasteiger partial charge on any atom is 0.240 e. The van der Waals surface area contributed by atoms with Gasteiger partial charge in [0, 0.05) is 19.5 Å². The molecule has 0 atom stereocenters. The van der Waals surface area contributed by atoms with Crippen LogP contribution >= 0.6 is 0 Å². The van der Waals surface area contributed by atoms with E-state index >= 15 is 0 Å². The third-order valence-electron chi connectivity index (χ3n) is 2.88. The van der Waals surface area contributed by atoms with Gasteiger partial charge < -0.3 is 5.73 Å². The van der Waals surface area contributed by atoms with E-state index in [2.05, 4.69) is 19.9 Å². The Kier molecular flexibility index (Phi) is 4.48. The summed E-state index contributed by atoms with van der Waals surface area (Å²) in [6.07, 6.45) is 1.85. The molecular formula is C12H17N5O2S. The molecule has 108 valence electrons. The van der Waals surface area contributed by atoms with Crippen molar-refractivity contribution in [2.24, 2.45) is 5.73 Å². The number of hydrogen-bond donors (Lipinski definition) is 3. The molecule has 0 radical (unpaired) electrons. The van der Waals surface area contributed by atoms with Gasteiger partial charge in [-0.3, -0.25) is 5.10 Å². The van der Waals surface area contributed by atoms with Crippen LogP contribution in [-0.4, -0.2) is 30.1 Å². The van der Waals surface area contributed by atoms with Crippen molar-refractivity contribution in [3.05, 3.63) is 41.5 Å². The lowest BCUT2D eigenvalue weighted by atomic mass is 10.1. The van der Waals surface area contributed by atoms with Gasteiger partial charge in [0.1, 0.15) is 12.2 Å². The van der Waals surface area contributed by atoms with E-state index < -0.39 is 10.0 Å². The molecule has 4 N–H and O–H groups in total. The molecular weight excluding hydrogens is 278 g/mol. The fourth-order valence-corrected chi connectivity index (χ4v) is 3.13. The van der Waals surface area contributed by atoms with Crippen molar-refractivity contribution in [2.75, 3.05) is 6.54 Å². The summed E-state index contributed by atoms with van der Waals surface area (Å²) < 4.78 is 26.9. The zero-order chi connectivity index (χ0) is 14.6. The molecule has 20 heavy (non-hydrogen) atoms. The van der Waals surface area contributed by atoms with Gasteiger partial charge in [-0.05, 0) is 24.1 Å². The molecule has 0 aliphatic rings. The van der Waals surface area contributed by atoms with Gasteiger partial charge in [-0.25, -0.2) is 18.1 Å². The number of aromatic nitrogens is 3. The van der Waals surface area contributed by atoms with Crippen molar-refractivity contribution in [3.63, 3.8) is 0 Å². The van der Waals surface area contributed by atoms with E-state index in [4.69, 9.17) is 5.73 Å². The van der Waals surface area contributed by atoms with Crippen molar-refractivity contribution in [1.29, 1.82) is 0 Å². The Morgan fingerprint density at radius 2 is 2.20 bits per heavy atom. The summed E-state index contributed by atoms with van der Waals surface area (Å²) in [5.41, 5.74) is 7.12. The van der Waals surface area contributed by atoms with Crippen LogP contribution in [0.4, 0.5) is 0 Å². The molecule has 0 unspecified atom stereocenters. The molecule has 0 aliphatic heterocycles. The summed E-state index contributed by atoms with van der Waals surface area (Å²) in [5.74, 6) is 0.642. The first kappa shape index (κ1) is 14.6. The van der Waals surface area contributed by atoms with Gasteiger partial charge in [-0.1, -0.05) is 12.1 Å². The van der Waals surface area contributed by atoms with E-state index in [1.165, 1.54) is 6.33 Å². The fourth-order valence-electron chi connectivity index (χ4n) is 1.87. The van der Waals surface area contributed by atoms with E-state index in [9.17, 15) is 8.42 Å². The summed E-state index contributed by atoms with van der Waals surface area (Å²) in [5, 5.41) is 6.38. The van der Waals surface area contributed by atoms with Crippen molar-refractivity contribution >= 4 is 10.0 Å². The Labute approximate surface area is 117 Å². The van der Waals surface area contributed by atoms with Gasteiger partial charge in [0.25, 0.3) is 0 Å². The average Bonchev–Trinajstić information content (AvgIpc) is 2.91. The van der Waals surface area contributed by atoms with E-state index in [0.717, 1.165) is 5.56 Å². The van der Waals surface area contributed by atoms with Crippen LogP contribution in [0, 0.1) is 6.92 Å². The summed E-state index contributed by atoms with van der Waals surface area (Å²) in [6.45, 7) is 2.40. The minimum atomic E-state index is -3.52. The highest BCUT2D eigenvalue weighted by molar-refractivity contribution is 7.89. The van der Waals surface area contributed by atoms with E-state index in [0.29, 0.717) is 24.4 Å². The number of nitrogens with two attached hydrogens (primary N) is 1. The smallest absolute Gasteiger partial charge is 0.240 e. The molecule has 2 rings (SSSR count). The highest BCUT2D eigenvalue weighted by Gasteiger charge is 2.16. The molecule has 0 amide bonds. The summed E-state index contributed by atoms with van der Waals surface area (Å²) >= 11 is 0.